The molecule has 380 valence electrons. The summed E-state index contributed by atoms with van der Waals surface area (Å²) < 4.78 is 22.2. The van der Waals surface area contributed by atoms with Crippen molar-refractivity contribution >= 4 is 11.9 Å². The normalized spacial score (nSPS) is 19.5. The second-order valence-corrected chi connectivity index (χ2v) is 18.7. The Kier molecular flexibility index (Phi) is 42.8. The number of ether oxygens (including phenoxy) is 4. The third kappa shape index (κ3) is 36.6. The molecule has 1 heterocycles. The van der Waals surface area contributed by atoms with Gasteiger partial charge in [-0.3, -0.25) is 9.59 Å². The first-order chi connectivity index (χ1) is 31.8. The summed E-state index contributed by atoms with van der Waals surface area (Å²) in [5, 5.41) is 40.2. The van der Waals surface area contributed by atoms with Crippen molar-refractivity contribution in [3.8, 4) is 0 Å². The van der Waals surface area contributed by atoms with Crippen LogP contribution in [0.25, 0.3) is 0 Å². The Labute approximate surface area is 397 Å². The van der Waals surface area contributed by atoms with Crippen molar-refractivity contribution < 1.29 is 49.0 Å². The third-order valence-corrected chi connectivity index (χ3v) is 12.5. The van der Waals surface area contributed by atoms with Gasteiger partial charge in [0.05, 0.1) is 13.2 Å². The number of hydrogen-bond acceptors (Lipinski definition) is 10. The molecule has 0 aromatic heterocycles. The minimum Gasteiger partial charge on any atom is -0.462 e. The van der Waals surface area contributed by atoms with Crippen LogP contribution in [0.15, 0.2) is 36.5 Å². The van der Waals surface area contributed by atoms with Gasteiger partial charge in [-0.2, -0.15) is 0 Å². The van der Waals surface area contributed by atoms with Crippen LogP contribution >= 0.6 is 0 Å². The molecule has 1 rings (SSSR count). The summed E-state index contributed by atoms with van der Waals surface area (Å²) >= 11 is 0. The quantitative estimate of drug-likeness (QED) is 0.0264. The van der Waals surface area contributed by atoms with Crippen LogP contribution in [0.4, 0.5) is 0 Å². The van der Waals surface area contributed by atoms with Crippen LogP contribution in [0.2, 0.25) is 0 Å². The lowest BCUT2D eigenvalue weighted by Crippen LogP contribution is -2.59. The number of esters is 2. The summed E-state index contributed by atoms with van der Waals surface area (Å²) in [6, 6.07) is 0. The van der Waals surface area contributed by atoms with Gasteiger partial charge in [0.2, 0.25) is 0 Å². The smallest absolute Gasteiger partial charge is 0.306 e. The van der Waals surface area contributed by atoms with Gasteiger partial charge in [-0.1, -0.05) is 224 Å². The van der Waals surface area contributed by atoms with Crippen LogP contribution in [0.3, 0.4) is 0 Å². The predicted molar refractivity (Wildman–Crippen MR) is 266 cm³/mol. The summed E-state index contributed by atoms with van der Waals surface area (Å²) in [6.07, 6.45) is 47.4. The molecule has 0 aromatic carbocycles. The Balaban J connectivity index is 2.24. The minimum absolute atomic E-state index is 0.160. The first kappa shape index (κ1) is 60.9. The number of hydrogen-bond donors (Lipinski definition) is 4. The fourth-order valence-corrected chi connectivity index (χ4v) is 8.27. The van der Waals surface area contributed by atoms with E-state index in [2.05, 4.69) is 50.3 Å². The van der Waals surface area contributed by atoms with E-state index < -0.39 is 49.4 Å². The number of carbonyl (C=O) groups is 2. The van der Waals surface area contributed by atoms with Gasteiger partial charge >= 0.3 is 11.9 Å². The Morgan fingerprint density at radius 1 is 0.477 bits per heavy atom. The average Bonchev–Trinajstić information content (AvgIpc) is 3.30. The number of carbonyl (C=O) groups excluding carboxylic acids is 2. The fraction of sp³-hybridized carbons (Fsp3) is 0.855. The number of aliphatic hydroxyl groups is 4. The maximum atomic E-state index is 12.8. The van der Waals surface area contributed by atoms with E-state index in [1.807, 2.05) is 0 Å². The monoisotopic (exact) mass is 921 g/mol. The Morgan fingerprint density at radius 3 is 1.34 bits per heavy atom. The zero-order valence-electron chi connectivity index (χ0n) is 41.7. The van der Waals surface area contributed by atoms with E-state index in [1.54, 1.807) is 0 Å². The zero-order chi connectivity index (χ0) is 47.3. The molecule has 0 bridgehead atoms. The van der Waals surface area contributed by atoms with Crippen molar-refractivity contribution in [1.29, 1.82) is 0 Å². The number of unbranched alkanes of at least 4 members (excludes halogenated alkanes) is 29. The molecule has 10 heteroatoms. The predicted octanol–water partition coefficient (Wildman–Crippen LogP) is 13.0. The molecule has 1 saturated heterocycles. The van der Waals surface area contributed by atoms with Crippen LogP contribution < -0.4 is 0 Å². The maximum absolute atomic E-state index is 12.8. The Hall–Kier alpha value is -2.08. The summed E-state index contributed by atoms with van der Waals surface area (Å²) in [5.74, 6) is -0.856. The van der Waals surface area contributed by atoms with Gasteiger partial charge in [0.25, 0.3) is 0 Å². The molecule has 2 unspecified atom stereocenters. The summed E-state index contributed by atoms with van der Waals surface area (Å²) in [5.41, 5.74) is 0. The highest BCUT2D eigenvalue weighted by Crippen LogP contribution is 2.23. The molecule has 4 N–H and O–H groups in total. The Morgan fingerprint density at radius 2 is 0.877 bits per heavy atom. The van der Waals surface area contributed by atoms with Crippen LogP contribution in [0, 0.1) is 0 Å². The van der Waals surface area contributed by atoms with E-state index in [-0.39, 0.29) is 32.0 Å². The average molecular weight is 921 g/mol. The van der Waals surface area contributed by atoms with Gasteiger partial charge in [-0.05, 0) is 44.9 Å². The zero-order valence-corrected chi connectivity index (χ0v) is 41.7. The maximum Gasteiger partial charge on any atom is 0.306 e. The van der Waals surface area contributed by atoms with Gasteiger partial charge in [-0.25, -0.2) is 0 Å². The molecule has 0 amide bonds. The van der Waals surface area contributed by atoms with Crippen molar-refractivity contribution in [2.45, 2.75) is 282 Å². The molecular formula is C55H100O10. The van der Waals surface area contributed by atoms with Crippen molar-refractivity contribution in [2.75, 3.05) is 19.8 Å². The van der Waals surface area contributed by atoms with E-state index in [0.717, 1.165) is 38.5 Å². The van der Waals surface area contributed by atoms with E-state index in [1.165, 1.54) is 167 Å². The van der Waals surface area contributed by atoms with Gasteiger partial charge in [0.1, 0.15) is 31.0 Å². The lowest BCUT2D eigenvalue weighted by molar-refractivity contribution is -0.305. The molecule has 0 aromatic rings. The number of aliphatic hydroxyl groups excluding tert-OH is 4. The van der Waals surface area contributed by atoms with Crippen molar-refractivity contribution in [2.24, 2.45) is 0 Å². The molecule has 1 aliphatic rings. The van der Waals surface area contributed by atoms with Gasteiger partial charge in [-0.15, -0.1) is 0 Å². The topological polar surface area (TPSA) is 152 Å². The minimum atomic E-state index is -1.60. The summed E-state index contributed by atoms with van der Waals surface area (Å²) in [6.45, 7) is 3.41. The highest BCUT2D eigenvalue weighted by molar-refractivity contribution is 5.70. The fourth-order valence-electron chi connectivity index (χ4n) is 8.27. The second kappa shape index (κ2) is 45.7. The molecule has 0 saturated carbocycles. The summed E-state index contributed by atoms with van der Waals surface area (Å²) in [4.78, 5) is 25.4. The van der Waals surface area contributed by atoms with Gasteiger partial charge in [0, 0.05) is 12.8 Å². The van der Waals surface area contributed by atoms with Crippen molar-refractivity contribution in [3.63, 3.8) is 0 Å². The van der Waals surface area contributed by atoms with Gasteiger partial charge < -0.3 is 39.4 Å². The molecule has 6 atom stereocenters. The largest absolute Gasteiger partial charge is 0.462 e. The van der Waals surface area contributed by atoms with E-state index in [0.29, 0.717) is 12.8 Å². The standard InChI is InChI=1S/C55H100O10/c1-3-5-7-9-11-13-15-17-19-21-22-23-24-25-26-28-29-31-33-35-37-39-41-43-50(57)62-46-48(47-63-55-54(61)53(60)52(59)49(45-56)65-55)64-51(58)44-42-40-38-36-34-32-30-27-20-18-16-14-12-10-8-6-4-2/h18,20,30,32,36,38,48-49,52-56,59-61H,3-17,19,21-29,31,33-35,37,39-47H2,1-2H3/b20-18+,32-30+,38-36+/t48-,49-,52+,53?,54?,55-/m0/s1. The third-order valence-electron chi connectivity index (χ3n) is 12.5. The molecule has 1 aliphatic heterocycles. The molecule has 1 fully saturated rings. The second-order valence-electron chi connectivity index (χ2n) is 18.7. The van der Waals surface area contributed by atoms with E-state index in [9.17, 15) is 30.0 Å². The van der Waals surface area contributed by atoms with Crippen molar-refractivity contribution in [3.05, 3.63) is 36.5 Å². The summed E-state index contributed by atoms with van der Waals surface area (Å²) in [7, 11) is 0. The van der Waals surface area contributed by atoms with Crippen LogP contribution in [-0.2, 0) is 28.5 Å². The highest BCUT2D eigenvalue weighted by Gasteiger charge is 2.44. The van der Waals surface area contributed by atoms with E-state index >= 15 is 0 Å². The molecule has 0 spiro atoms. The van der Waals surface area contributed by atoms with Crippen LogP contribution in [0.5, 0.6) is 0 Å². The van der Waals surface area contributed by atoms with Crippen LogP contribution in [0.1, 0.15) is 245 Å². The van der Waals surface area contributed by atoms with Crippen molar-refractivity contribution in [1.82, 2.24) is 0 Å². The SMILES string of the molecule is CCCCCCCC/C=C/C/C=C/C/C=C/CCCC(=O)O[C@@H](COC(=O)CCCCCCCCCCCCCCCCCCCCCCCCC)CO[C@H]1O[C@@H](CO)[C@@H](O)C(O)C1O. The lowest BCUT2D eigenvalue weighted by atomic mass is 9.99. The first-order valence-corrected chi connectivity index (χ1v) is 27.1. The van der Waals surface area contributed by atoms with Crippen LogP contribution in [-0.4, -0.2) is 89.0 Å². The first-order valence-electron chi connectivity index (χ1n) is 27.1. The molecule has 0 aliphatic carbocycles. The number of allylic oxidation sites excluding steroid dienone is 6. The molecule has 65 heavy (non-hydrogen) atoms. The molecule has 0 radical (unpaired) electrons. The highest BCUT2D eigenvalue weighted by atomic mass is 16.7. The Bertz CT molecular complexity index is 1160. The number of rotatable bonds is 46. The lowest BCUT2D eigenvalue weighted by Gasteiger charge is -2.39. The van der Waals surface area contributed by atoms with Gasteiger partial charge in [0.15, 0.2) is 12.4 Å². The van der Waals surface area contributed by atoms with E-state index in [4.69, 9.17) is 18.9 Å². The molecule has 10 nitrogen and oxygen atoms in total. The molecular weight excluding hydrogens is 821 g/mol.